The molecule has 11 heteroatoms. The Kier molecular flexibility index (Phi) is 4.99. The van der Waals surface area contributed by atoms with Crippen molar-refractivity contribution in [2.45, 2.75) is 43.8 Å². The second-order valence-electron chi connectivity index (χ2n) is 6.22. The number of fused-ring (bicyclic) bond motifs is 1. The van der Waals surface area contributed by atoms with E-state index in [1.54, 1.807) is 0 Å². The first-order chi connectivity index (χ1) is 12.8. The molecular weight excluding hydrogens is 356 g/mol. The van der Waals surface area contributed by atoms with Crippen LogP contribution in [-0.2, 0) is 9.53 Å². The first-order valence-electron chi connectivity index (χ1n) is 8.25. The van der Waals surface area contributed by atoms with E-state index in [9.17, 15) is 20.1 Å². The van der Waals surface area contributed by atoms with Crippen LogP contribution in [0, 0.1) is 11.8 Å². The molecule has 1 aliphatic heterocycles. The number of nitrogens with two attached hydrogens (primary N) is 2. The summed E-state index contributed by atoms with van der Waals surface area (Å²) in [6.45, 7) is 1.15. The highest BCUT2D eigenvalue weighted by atomic mass is 16.6. The summed E-state index contributed by atoms with van der Waals surface area (Å²) in [6, 6.07) is 0. The molecule has 1 saturated heterocycles. The van der Waals surface area contributed by atoms with Crippen molar-refractivity contribution in [3.05, 3.63) is 12.2 Å². The van der Waals surface area contributed by atoms with Gasteiger partial charge in [0.15, 0.2) is 17.7 Å². The number of aromatic nitrogens is 4. The minimum atomic E-state index is -1.74. The number of amides is 1. The molecule has 1 aliphatic rings. The van der Waals surface area contributed by atoms with E-state index in [0.717, 1.165) is 0 Å². The molecule has 0 bridgehead atoms. The van der Waals surface area contributed by atoms with Crippen molar-refractivity contribution in [1.29, 1.82) is 0 Å². The molecule has 11 nitrogen and oxygen atoms in total. The predicted octanol–water partition coefficient (Wildman–Crippen LogP) is -1.97. The van der Waals surface area contributed by atoms with Crippen molar-refractivity contribution in [2.24, 2.45) is 5.73 Å². The molecule has 2 aromatic rings. The lowest BCUT2D eigenvalue weighted by atomic mass is 9.92. The molecular formula is C16H20N6O5. The average molecular weight is 376 g/mol. The highest BCUT2D eigenvalue weighted by Gasteiger charge is 2.55. The predicted molar refractivity (Wildman–Crippen MR) is 92.7 cm³/mol. The Morgan fingerprint density at radius 3 is 2.81 bits per heavy atom. The molecule has 1 fully saturated rings. The van der Waals surface area contributed by atoms with Crippen molar-refractivity contribution in [3.8, 4) is 11.8 Å². The number of nitrogens with zero attached hydrogens (tertiary/aromatic N) is 4. The topological polar surface area (TPSA) is 183 Å². The number of aliphatic hydroxyl groups excluding tert-OH is 3. The average Bonchev–Trinajstić information content (AvgIpc) is 3.15. The zero-order chi connectivity index (χ0) is 19.8. The van der Waals surface area contributed by atoms with E-state index in [1.807, 2.05) is 6.92 Å². The first kappa shape index (κ1) is 19.0. The van der Waals surface area contributed by atoms with Crippen LogP contribution in [0.2, 0.25) is 0 Å². The molecule has 3 rings (SSSR count). The first-order valence-corrected chi connectivity index (χ1v) is 8.25. The molecule has 0 spiro atoms. The summed E-state index contributed by atoms with van der Waals surface area (Å²) in [6.07, 6.45) is -2.78. The SMILES string of the molecule is CCC#Cc1nc(N)c2ncn([C@@H]3O[C@@](CO)(CC(N)=O)[C@@H](O)[C@H]3O)c2n1. The van der Waals surface area contributed by atoms with Gasteiger partial charge in [0, 0.05) is 6.42 Å². The molecule has 2 aromatic heterocycles. The van der Waals surface area contributed by atoms with Gasteiger partial charge in [-0.25, -0.2) is 15.0 Å². The van der Waals surface area contributed by atoms with Crippen molar-refractivity contribution in [3.63, 3.8) is 0 Å². The smallest absolute Gasteiger partial charge is 0.220 e. The maximum absolute atomic E-state index is 11.3. The molecule has 0 radical (unpaired) electrons. The van der Waals surface area contributed by atoms with Crippen LogP contribution in [-0.4, -0.2) is 65.2 Å². The second-order valence-corrected chi connectivity index (χ2v) is 6.22. The van der Waals surface area contributed by atoms with E-state index in [0.29, 0.717) is 6.42 Å². The molecule has 144 valence electrons. The number of primary amides is 1. The molecule has 3 heterocycles. The summed E-state index contributed by atoms with van der Waals surface area (Å²) in [4.78, 5) is 23.8. The Hall–Kier alpha value is -2.78. The van der Waals surface area contributed by atoms with Gasteiger partial charge in [0.25, 0.3) is 0 Å². The summed E-state index contributed by atoms with van der Waals surface area (Å²) in [7, 11) is 0. The van der Waals surface area contributed by atoms with Crippen molar-refractivity contribution >= 4 is 22.9 Å². The number of carbonyl (C=O) groups excluding carboxylic acids is 1. The van der Waals surface area contributed by atoms with E-state index in [-0.39, 0.29) is 22.8 Å². The van der Waals surface area contributed by atoms with Gasteiger partial charge in [0.05, 0.1) is 19.4 Å². The number of hydrogen-bond acceptors (Lipinski definition) is 9. The van der Waals surface area contributed by atoms with Gasteiger partial charge in [-0.05, 0) is 5.92 Å². The normalized spacial score (nSPS) is 27.5. The van der Waals surface area contributed by atoms with Crippen LogP contribution < -0.4 is 11.5 Å². The lowest BCUT2D eigenvalue weighted by molar-refractivity contribution is -0.147. The Morgan fingerprint density at radius 2 is 2.19 bits per heavy atom. The van der Waals surface area contributed by atoms with E-state index < -0.39 is 43.0 Å². The highest BCUT2D eigenvalue weighted by molar-refractivity contribution is 5.82. The third-order valence-electron chi connectivity index (χ3n) is 4.35. The van der Waals surface area contributed by atoms with E-state index in [4.69, 9.17) is 16.2 Å². The zero-order valence-electron chi connectivity index (χ0n) is 14.5. The highest BCUT2D eigenvalue weighted by Crippen LogP contribution is 2.40. The number of ether oxygens (including phenoxy) is 1. The molecule has 0 aliphatic carbocycles. The van der Waals surface area contributed by atoms with Crippen LogP contribution in [0.1, 0.15) is 31.8 Å². The van der Waals surface area contributed by atoms with Crippen molar-refractivity contribution < 1.29 is 24.9 Å². The van der Waals surface area contributed by atoms with Crippen LogP contribution in [0.4, 0.5) is 5.82 Å². The largest absolute Gasteiger partial charge is 0.393 e. The van der Waals surface area contributed by atoms with Crippen LogP contribution >= 0.6 is 0 Å². The molecule has 7 N–H and O–H groups in total. The van der Waals surface area contributed by atoms with Crippen LogP contribution in [0.3, 0.4) is 0 Å². The van der Waals surface area contributed by atoms with Gasteiger partial charge in [0.1, 0.15) is 23.3 Å². The standard InChI is InChI=1S/C16H20N6O5/c1-2-3-4-9-20-13(18)10-14(21-9)22(7-19-10)15-11(25)12(26)16(6-23,27-15)5-8(17)24/h7,11-12,15,23,25-26H,2,5-6H2,1H3,(H2,17,24)(H2,18,20,21)/t11-,12+,15-,16-/m1/s1. The fourth-order valence-corrected chi connectivity index (χ4v) is 3.04. The van der Waals surface area contributed by atoms with Crippen LogP contribution in [0.25, 0.3) is 11.2 Å². The third-order valence-corrected chi connectivity index (χ3v) is 4.35. The Labute approximate surface area is 154 Å². The van der Waals surface area contributed by atoms with Gasteiger partial charge in [-0.2, -0.15) is 0 Å². The van der Waals surface area contributed by atoms with Crippen molar-refractivity contribution in [1.82, 2.24) is 19.5 Å². The van der Waals surface area contributed by atoms with Gasteiger partial charge >= 0.3 is 0 Å². The van der Waals surface area contributed by atoms with Gasteiger partial charge in [-0.15, -0.1) is 0 Å². The summed E-state index contributed by atoms with van der Waals surface area (Å²) >= 11 is 0. The van der Waals surface area contributed by atoms with Gasteiger partial charge < -0.3 is 31.5 Å². The maximum atomic E-state index is 11.3. The number of aliphatic hydroxyl groups is 3. The zero-order valence-corrected chi connectivity index (χ0v) is 14.5. The lowest BCUT2D eigenvalue weighted by Gasteiger charge is -2.28. The minimum Gasteiger partial charge on any atom is -0.393 e. The third kappa shape index (κ3) is 3.19. The number of rotatable bonds is 4. The fraction of sp³-hybridized carbons (Fsp3) is 0.500. The monoisotopic (exact) mass is 376 g/mol. The van der Waals surface area contributed by atoms with Gasteiger partial charge in [0.2, 0.25) is 11.7 Å². The van der Waals surface area contributed by atoms with Crippen LogP contribution in [0.5, 0.6) is 0 Å². The summed E-state index contributed by atoms with van der Waals surface area (Å²) < 4.78 is 7.03. The van der Waals surface area contributed by atoms with Crippen LogP contribution in [0.15, 0.2) is 6.33 Å². The minimum absolute atomic E-state index is 0.0951. The molecule has 0 saturated carbocycles. The second kappa shape index (κ2) is 7.09. The summed E-state index contributed by atoms with van der Waals surface area (Å²) in [5.74, 6) is 5.06. The number of hydrogen-bond donors (Lipinski definition) is 5. The summed E-state index contributed by atoms with van der Waals surface area (Å²) in [5, 5.41) is 30.5. The van der Waals surface area contributed by atoms with Gasteiger partial charge in [-0.1, -0.05) is 12.8 Å². The van der Waals surface area contributed by atoms with E-state index >= 15 is 0 Å². The number of imidazole rings is 1. The Balaban J connectivity index is 2.07. The molecule has 4 atom stereocenters. The van der Waals surface area contributed by atoms with Gasteiger partial charge in [-0.3, -0.25) is 9.36 Å². The molecule has 0 unspecified atom stereocenters. The fourth-order valence-electron chi connectivity index (χ4n) is 3.04. The molecule has 1 amide bonds. The molecule has 0 aromatic carbocycles. The number of carbonyl (C=O) groups is 1. The Morgan fingerprint density at radius 1 is 1.44 bits per heavy atom. The van der Waals surface area contributed by atoms with E-state index in [2.05, 4.69) is 26.8 Å². The summed E-state index contributed by atoms with van der Waals surface area (Å²) in [5.41, 5.74) is 9.84. The lowest BCUT2D eigenvalue weighted by Crippen LogP contribution is -2.48. The Bertz CT molecular complexity index is 935. The quantitative estimate of drug-likeness (QED) is 0.378. The number of nitrogen functional groups attached to an aromatic ring is 1. The maximum Gasteiger partial charge on any atom is 0.220 e. The number of anilines is 1. The van der Waals surface area contributed by atoms with E-state index in [1.165, 1.54) is 10.9 Å². The van der Waals surface area contributed by atoms with Crippen molar-refractivity contribution in [2.75, 3.05) is 12.3 Å². The molecule has 27 heavy (non-hydrogen) atoms.